The molecule has 4 nitrogen and oxygen atoms in total. The Morgan fingerprint density at radius 2 is 1.73 bits per heavy atom. The van der Waals surface area contributed by atoms with E-state index in [1.54, 1.807) is 24.2 Å². The van der Waals surface area contributed by atoms with Crippen LogP contribution in [0.15, 0.2) is 84.0 Å². The van der Waals surface area contributed by atoms with Crippen molar-refractivity contribution in [2.75, 3.05) is 5.32 Å². The van der Waals surface area contributed by atoms with Gasteiger partial charge in [-0.05, 0) is 47.9 Å². The number of anilines is 1. The number of nitrogens with two attached hydrogens (primary N) is 1. The summed E-state index contributed by atoms with van der Waals surface area (Å²) in [6.07, 6.45) is 3.89. The van der Waals surface area contributed by atoms with Crippen LogP contribution in [0.25, 0.3) is 0 Å². The molecule has 0 saturated carbocycles. The number of benzene rings is 2. The number of nitrogens with zero attached hydrogens (tertiary/aromatic N) is 1. The van der Waals surface area contributed by atoms with Crippen LogP contribution < -0.4 is 11.1 Å². The third kappa shape index (κ3) is 5.44. The smallest absolute Gasteiger partial charge is 0.241 e. The minimum absolute atomic E-state index is 0.196. The van der Waals surface area contributed by atoms with E-state index < -0.39 is 6.04 Å². The number of nitrogens with one attached hydrogen (secondary N) is 1. The number of amides is 1. The molecular weight excluding hydrogens is 342 g/mol. The molecule has 0 spiro atoms. The van der Waals surface area contributed by atoms with Crippen molar-refractivity contribution in [2.45, 2.75) is 23.1 Å². The first-order valence-corrected chi connectivity index (χ1v) is 9.41. The number of carbonyl (C=O) groups is 1. The molecule has 2 aromatic carbocycles. The Bertz CT molecular complexity index is 823. The highest BCUT2D eigenvalue weighted by molar-refractivity contribution is 7.98. The maximum atomic E-state index is 12.3. The molecule has 0 radical (unpaired) electrons. The van der Waals surface area contributed by atoms with E-state index in [2.05, 4.69) is 22.4 Å². The molecule has 0 aliphatic heterocycles. The minimum atomic E-state index is -0.605. The second-order valence-corrected chi connectivity index (χ2v) is 7.01. The Morgan fingerprint density at radius 3 is 2.42 bits per heavy atom. The number of hydrogen-bond acceptors (Lipinski definition) is 4. The van der Waals surface area contributed by atoms with Gasteiger partial charge in [0.05, 0.1) is 6.04 Å². The fourth-order valence-electron chi connectivity index (χ4n) is 2.48. The highest BCUT2D eigenvalue weighted by Crippen LogP contribution is 2.24. The van der Waals surface area contributed by atoms with Gasteiger partial charge in [-0.1, -0.05) is 36.4 Å². The largest absolute Gasteiger partial charge is 0.325 e. The molecule has 0 fully saturated rings. The van der Waals surface area contributed by atoms with Crippen LogP contribution in [0.3, 0.4) is 0 Å². The van der Waals surface area contributed by atoms with E-state index in [1.165, 1.54) is 5.56 Å². The Labute approximate surface area is 157 Å². The molecule has 1 amide bonds. The van der Waals surface area contributed by atoms with Crippen LogP contribution in [0, 0.1) is 0 Å². The Hall–Kier alpha value is -2.63. The van der Waals surface area contributed by atoms with Crippen LogP contribution in [-0.2, 0) is 17.0 Å². The molecule has 0 bridgehead atoms. The van der Waals surface area contributed by atoms with Crippen molar-refractivity contribution in [1.29, 1.82) is 0 Å². The highest BCUT2D eigenvalue weighted by Gasteiger charge is 2.14. The van der Waals surface area contributed by atoms with Crippen LogP contribution >= 0.6 is 11.8 Å². The standard InChI is InChI=1S/C21H21N3OS/c22-20(13-17-7-4-12-23-14-17)21(25)24-18-8-10-19(11-9-18)26-15-16-5-2-1-3-6-16/h1-12,14,20H,13,15,22H2,(H,24,25)/t20-/m0/s1. The van der Waals surface area contributed by atoms with Gasteiger partial charge in [-0.15, -0.1) is 11.8 Å². The van der Waals surface area contributed by atoms with E-state index in [-0.39, 0.29) is 5.91 Å². The zero-order valence-electron chi connectivity index (χ0n) is 14.3. The molecule has 1 atom stereocenters. The molecule has 3 N–H and O–H groups in total. The summed E-state index contributed by atoms with van der Waals surface area (Å²) in [7, 11) is 0. The summed E-state index contributed by atoms with van der Waals surface area (Å²) in [4.78, 5) is 17.5. The minimum Gasteiger partial charge on any atom is -0.325 e. The van der Waals surface area contributed by atoms with Crippen molar-refractivity contribution >= 4 is 23.4 Å². The normalized spacial score (nSPS) is 11.7. The molecule has 5 heteroatoms. The van der Waals surface area contributed by atoms with E-state index >= 15 is 0 Å². The van der Waals surface area contributed by atoms with E-state index in [0.717, 1.165) is 21.9 Å². The average molecular weight is 363 g/mol. The number of thioether (sulfide) groups is 1. The zero-order valence-corrected chi connectivity index (χ0v) is 15.2. The monoisotopic (exact) mass is 363 g/mol. The second-order valence-electron chi connectivity index (χ2n) is 5.96. The summed E-state index contributed by atoms with van der Waals surface area (Å²) < 4.78 is 0. The average Bonchev–Trinajstić information content (AvgIpc) is 2.69. The van der Waals surface area contributed by atoms with Crippen LogP contribution in [0.4, 0.5) is 5.69 Å². The lowest BCUT2D eigenvalue weighted by Crippen LogP contribution is -2.37. The predicted molar refractivity (Wildman–Crippen MR) is 107 cm³/mol. The molecule has 0 saturated heterocycles. The zero-order chi connectivity index (χ0) is 18.2. The van der Waals surface area contributed by atoms with Crippen molar-refractivity contribution < 1.29 is 4.79 Å². The summed E-state index contributed by atoms with van der Waals surface area (Å²) in [5.41, 5.74) is 8.98. The lowest BCUT2D eigenvalue weighted by Gasteiger charge is -2.12. The van der Waals surface area contributed by atoms with Gasteiger partial charge in [0.2, 0.25) is 5.91 Å². The van der Waals surface area contributed by atoms with Gasteiger partial charge in [0.15, 0.2) is 0 Å². The molecule has 0 aliphatic carbocycles. The van der Waals surface area contributed by atoms with E-state index in [9.17, 15) is 4.79 Å². The van der Waals surface area contributed by atoms with Crippen LogP contribution in [-0.4, -0.2) is 16.9 Å². The molecule has 0 unspecified atom stereocenters. The third-order valence-corrected chi connectivity index (χ3v) is 4.97. The fraction of sp³-hybridized carbons (Fsp3) is 0.143. The molecule has 1 heterocycles. The molecular formula is C21H21N3OS. The molecule has 26 heavy (non-hydrogen) atoms. The Balaban J connectivity index is 1.51. The lowest BCUT2D eigenvalue weighted by atomic mass is 10.1. The summed E-state index contributed by atoms with van der Waals surface area (Å²) >= 11 is 1.76. The van der Waals surface area contributed by atoms with Gasteiger partial charge in [-0.3, -0.25) is 9.78 Å². The summed E-state index contributed by atoms with van der Waals surface area (Å²) in [6.45, 7) is 0. The first kappa shape index (κ1) is 18.2. The van der Waals surface area contributed by atoms with E-state index in [4.69, 9.17) is 5.73 Å². The number of aromatic nitrogens is 1. The fourth-order valence-corrected chi connectivity index (χ4v) is 3.33. The van der Waals surface area contributed by atoms with Gasteiger partial charge in [0, 0.05) is 28.7 Å². The number of carbonyl (C=O) groups excluding carboxylic acids is 1. The predicted octanol–water partition coefficient (Wildman–Crippen LogP) is 3.88. The van der Waals surface area contributed by atoms with Gasteiger partial charge in [0.25, 0.3) is 0 Å². The van der Waals surface area contributed by atoms with Gasteiger partial charge in [-0.25, -0.2) is 0 Å². The van der Waals surface area contributed by atoms with E-state index in [1.807, 2.05) is 54.6 Å². The van der Waals surface area contributed by atoms with Crippen molar-refractivity contribution in [1.82, 2.24) is 4.98 Å². The molecule has 0 aliphatic rings. The van der Waals surface area contributed by atoms with Crippen molar-refractivity contribution in [3.8, 4) is 0 Å². The van der Waals surface area contributed by atoms with Crippen LogP contribution in [0.1, 0.15) is 11.1 Å². The topological polar surface area (TPSA) is 68.0 Å². The first-order chi connectivity index (χ1) is 12.7. The Morgan fingerprint density at radius 1 is 1.00 bits per heavy atom. The summed E-state index contributed by atoms with van der Waals surface area (Å²) in [5, 5.41) is 2.87. The molecule has 132 valence electrons. The van der Waals surface area contributed by atoms with Crippen molar-refractivity contribution in [2.24, 2.45) is 5.73 Å². The Kier molecular flexibility index (Phi) is 6.41. The van der Waals surface area contributed by atoms with Crippen molar-refractivity contribution in [3.05, 3.63) is 90.3 Å². The number of pyridine rings is 1. The van der Waals surface area contributed by atoms with Gasteiger partial charge < -0.3 is 11.1 Å². The number of rotatable bonds is 7. The maximum absolute atomic E-state index is 12.3. The van der Waals surface area contributed by atoms with Gasteiger partial charge in [0.1, 0.15) is 0 Å². The van der Waals surface area contributed by atoms with Crippen LogP contribution in [0.5, 0.6) is 0 Å². The quantitative estimate of drug-likeness (QED) is 0.625. The second kappa shape index (κ2) is 9.17. The van der Waals surface area contributed by atoms with E-state index in [0.29, 0.717) is 6.42 Å². The summed E-state index contributed by atoms with van der Waals surface area (Å²) in [5.74, 6) is 0.723. The molecule has 3 aromatic rings. The third-order valence-electron chi connectivity index (χ3n) is 3.89. The molecule has 3 rings (SSSR count). The van der Waals surface area contributed by atoms with Gasteiger partial charge >= 0.3 is 0 Å². The lowest BCUT2D eigenvalue weighted by molar-refractivity contribution is -0.117. The molecule has 1 aromatic heterocycles. The SMILES string of the molecule is N[C@@H](Cc1cccnc1)C(=O)Nc1ccc(SCc2ccccc2)cc1. The van der Waals surface area contributed by atoms with Gasteiger partial charge in [-0.2, -0.15) is 0 Å². The first-order valence-electron chi connectivity index (χ1n) is 8.43. The maximum Gasteiger partial charge on any atom is 0.241 e. The summed E-state index contributed by atoms with van der Waals surface area (Å²) in [6, 6.07) is 21.3. The van der Waals surface area contributed by atoms with Crippen LogP contribution in [0.2, 0.25) is 0 Å². The number of hydrogen-bond donors (Lipinski definition) is 2. The highest BCUT2D eigenvalue weighted by atomic mass is 32.2. The van der Waals surface area contributed by atoms with Crippen molar-refractivity contribution in [3.63, 3.8) is 0 Å².